The molecule has 0 radical (unpaired) electrons. The van der Waals surface area contributed by atoms with Gasteiger partial charge in [-0.25, -0.2) is 4.79 Å². The van der Waals surface area contributed by atoms with Crippen molar-refractivity contribution in [2.75, 3.05) is 17.2 Å². The quantitative estimate of drug-likeness (QED) is 0.761. The minimum absolute atomic E-state index is 0.135. The fraction of sp³-hybridized carbons (Fsp3) is 0.222. The van der Waals surface area contributed by atoms with Crippen LogP contribution >= 0.6 is 0 Å². The van der Waals surface area contributed by atoms with Crippen molar-refractivity contribution in [2.24, 2.45) is 0 Å². The Morgan fingerprint density at radius 1 is 0.917 bits per heavy atom. The van der Waals surface area contributed by atoms with E-state index in [0.29, 0.717) is 24.5 Å². The summed E-state index contributed by atoms with van der Waals surface area (Å²) in [5.41, 5.74) is 2.31. The molecule has 0 atom stereocenters. The second kappa shape index (κ2) is 8.57. The Hall–Kier alpha value is -3.02. The van der Waals surface area contributed by atoms with Crippen LogP contribution in [0.15, 0.2) is 48.5 Å². The Labute approximate surface area is 141 Å². The molecule has 6 heteroatoms. The number of benzene rings is 2. The number of anilines is 2. The smallest absolute Gasteiger partial charge is 0.319 e. The number of rotatable bonds is 6. The molecule has 0 fully saturated rings. The SMILES string of the molecule is CCOc1ccc(CNC(=O)Nc2ccc(NC(C)=O)cc2)cc1. The van der Waals surface area contributed by atoms with E-state index in [1.807, 2.05) is 31.2 Å². The number of hydrogen-bond acceptors (Lipinski definition) is 3. The van der Waals surface area contributed by atoms with Crippen molar-refractivity contribution >= 4 is 23.3 Å². The third-order valence-corrected chi connectivity index (χ3v) is 3.15. The second-order valence-electron chi connectivity index (χ2n) is 5.14. The fourth-order valence-corrected chi connectivity index (χ4v) is 2.07. The van der Waals surface area contributed by atoms with Crippen LogP contribution < -0.4 is 20.7 Å². The summed E-state index contributed by atoms with van der Waals surface area (Å²) in [6, 6.07) is 14.2. The summed E-state index contributed by atoms with van der Waals surface area (Å²) in [5, 5.41) is 8.19. The molecule has 3 amide bonds. The highest BCUT2D eigenvalue weighted by molar-refractivity contribution is 5.91. The van der Waals surface area contributed by atoms with Gasteiger partial charge in [0.05, 0.1) is 6.61 Å². The molecule has 2 rings (SSSR count). The van der Waals surface area contributed by atoms with E-state index in [0.717, 1.165) is 11.3 Å². The van der Waals surface area contributed by atoms with Crippen molar-refractivity contribution in [3.8, 4) is 5.75 Å². The van der Waals surface area contributed by atoms with E-state index in [1.165, 1.54) is 6.92 Å². The molecule has 0 bridgehead atoms. The maximum Gasteiger partial charge on any atom is 0.319 e. The fourth-order valence-electron chi connectivity index (χ4n) is 2.07. The third kappa shape index (κ3) is 5.64. The number of hydrogen-bond donors (Lipinski definition) is 3. The molecule has 0 heterocycles. The maximum atomic E-state index is 11.9. The summed E-state index contributed by atoms with van der Waals surface area (Å²) >= 11 is 0. The lowest BCUT2D eigenvalue weighted by molar-refractivity contribution is -0.114. The Kier molecular flexibility index (Phi) is 6.19. The molecule has 6 nitrogen and oxygen atoms in total. The van der Waals surface area contributed by atoms with E-state index < -0.39 is 0 Å². The summed E-state index contributed by atoms with van der Waals surface area (Å²) in [4.78, 5) is 22.9. The van der Waals surface area contributed by atoms with E-state index in [-0.39, 0.29) is 11.9 Å². The zero-order valence-corrected chi connectivity index (χ0v) is 13.8. The number of carbonyl (C=O) groups is 2. The number of nitrogens with one attached hydrogen (secondary N) is 3. The standard InChI is InChI=1S/C18H21N3O3/c1-3-24-17-10-4-14(5-11-17)12-19-18(23)21-16-8-6-15(7-9-16)20-13(2)22/h4-11H,3,12H2,1-2H3,(H,20,22)(H2,19,21,23). The molecule has 0 aromatic heterocycles. The van der Waals surface area contributed by atoms with Gasteiger partial charge in [-0.3, -0.25) is 4.79 Å². The molecule has 0 aliphatic carbocycles. The maximum absolute atomic E-state index is 11.9. The van der Waals surface area contributed by atoms with Gasteiger partial charge in [0, 0.05) is 24.8 Å². The molecule has 126 valence electrons. The second-order valence-corrected chi connectivity index (χ2v) is 5.14. The lowest BCUT2D eigenvalue weighted by atomic mass is 10.2. The van der Waals surface area contributed by atoms with Gasteiger partial charge in [-0.05, 0) is 48.9 Å². The Morgan fingerprint density at radius 3 is 2.04 bits per heavy atom. The number of ether oxygens (including phenoxy) is 1. The van der Waals surface area contributed by atoms with Crippen LogP contribution in [0.5, 0.6) is 5.75 Å². The van der Waals surface area contributed by atoms with E-state index in [1.54, 1.807) is 24.3 Å². The minimum Gasteiger partial charge on any atom is -0.494 e. The molecule has 0 saturated carbocycles. The van der Waals surface area contributed by atoms with Crippen molar-refractivity contribution < 1.29 is 14.3 Å². The normalized spacial score (nSPS) is 9.92. The van der Waals surface area contributed by atoms with Crippen LogP contribution in [-0.4, -0.2) is 18.5 Å². The van der Waals surface area contributed by atoms with Crippen LogP contribution in [0.1, 0.15) is 19.4 Å². The van der Waals surface area contributed by atoms with Crippen LogP contribution in [-0.2, 0) is 11.3 Å². The molecule has 2 aromatic carbocycles. The summed E-state index contributed by atoms with van der Waals surface area (Å²) in [7, 11) is 0. The van der Waals surface area contributed by atoms with Crippen LogP contribution in [0.25, 0.3) is 0 Å². The van der Waals surface area contributed by atoms with Crippen LogP contribution in [0.3, 0.4) is 0 Å². The zero-order valence-electron chi connectivity index (χ0n) is 13.8. The number of carbonyl (C=O) groups excluding carboxylic acids is 2. The van der Waals surface area contributed by atoms with Gasteiger partial charge in [-0.1, -0.05) is 12.1 Å². The predicted octanol–water partition coefficient (Wildman–Crippen LogP) is 3.37. The molecular formula is C18H21N3O3. The van der Waals surface area contributed by atoms with Gasteiger partial charge in [-0.2, -0.15) is 0 Å². The van der Waals surface area contributed by atoms with Crippen molar-refractivity contribution in [1.82, 2.24) is 5.32 Å². The highest BCUT2D eigenvalue weighted by Crippen LogP contribution is 2.14. The summed E-state index contributed by atoms with van der Waals surface area (Å²) in [6.45, 7) is 4.42. The molecule has 0 saturated heterocycles. The predicted molar refractivity (Wildman–Crippen MR) is 94.2 cm³/mol. The van der Waals surface area contributed by atoms with Crippen LogP contribution in [0, 0.1) is 0 Å². The third-order valence-electron chi connectivity index (χ3n) is 3.15. The molecule has 0 spiro atoms. The molecular weight excluding hydrogens is 306 g/mol. The van der Waals surface area contributed by atoms with Gasteiger partial charge < -0.3 is 20.7 Å². The summed E-state index contributed by atoms with van der Waals surface area (Å²) < 4.78 is 5.37. The van der Waals surface area contributed by atoms with Crippen molar-refractivity contribution in [2.45, 2.75) is 20.4 Å². The van der Waals surface area contributed by atoms with Gasteiger partial charge in [0.25, 0.3) is 0 Å². The molecule has 2 aromatic rings. The van der Waals surface area contributed by atoms with Crippen LogP contribution in [0.2, 0.25) is 0 Å². The number of amides is 3. The highest BCUT2D eigenvalue weighted by atomic mass is 16.5. The molecule has 3 N–H and O–H groups in total. The topological polar surface area (TPSA) is 79.5 Å². The first-order valence-electron chi connectivity index (χ1n) is 7.71. The number of urea groups is 1. The van der Waals surface area contributed by atoms with Crippen LogP contribution in [0.4, 0.5) is 16.2 Å². The first-order chi connectivity index (χ1) is 11.6. The van der Waals surface area contributed by atoms with Gasteiger partial charge in [-0.15, -0.1) is 0 Å². The molecule has 0 aliphatic heterocycles. The zero-order chi connectivity index (χ0) is 17.4. The van der Waals surface area contributed by atoms with Crippen molar-refractivity contribution in [3.63, 3.8) is 0 Å². The van der Waals surface area contributed by atoms with Gasteiger partial charge in [0.1, 0.15) is 5.75 Å². The van der Waals surface area contributed by atoms with Crippen molar-refractivity contribution in [3.05, 3.63) is 54.1 Å². The summed E-state index contributed by atoms with van der Waals surface area (Å²) in [5.74, 6) is 0.675. The van der Waals surface area contributed by atoms with E-state index in [9.17, 15) is 9.59 Å². The molecule has 24 heavy (non-hydrogen) atoms. The largest absolute Gasteiger partial charge is 0.494 e. The van der Waals surface area contributed by atoms with E-state index in [4.69, 9.17) is 4.74 Å². The van der Waals surface area contributed by atoms with Crippen molar-refractivity contribution in [1.29, 1.82) is 0 Å². The van der Waals surface area contributed by atoms with Gasteiger partial charge >= 0.3 is 6.03 Å². The Bertz CT molecular complexity index is 682. The monoisotopic (exact) mass is 327 g/mol. The van der Waals surface area contributed by atoms with Gasteiger partial charge in [0.15, 0.2) is 0 Å². The highest BCUT2D eigenvalue weighted by Gasteiger charge is 2.03. The van der Waals surface area contributed by atoms with E-state index in [2.05, 4.69) is 16.0 Å². The summed E-state index contributed by atoms with van der Waals surface area (Å²) in [6.07, 6.45) is 0. The lowest BCUT2D eigenvalue weighted by Crippen LogP contribution is -2.28. The Balaban J connectivity index is 1.81. The van der Waals surface area contributed by atoms with E-state index >= 15 is 0 Å². The first-order valence-corrected chi connectivity index (χ1v) is 7.71. The first kappa shape index (κ1) is 17.3. The lowest BCUT2D eigenvalue weighted by Gasteiger charge is -2.09. The average Bonchev–Trinajstić information content (AvgIpc) is 2.56. The van der Waals surface area contributed by atoms with Gasteiger partial charge in [0.2, 0.25) is 5.91 Å². The average molecular weight is 327 g/mol. The molecule has 0 unspecified atom stereocenters. The minimum atomic E-state index is -0.295. The Morgan fingerprint density at radius 2 is 1.50 bits per heavy atom. The molecule has 0 aliphatic rings.